The minimum absolute atomic E-state index is 0.245. The van der Waals surface area contributed by atoms with Crippen LogP contribution in [0.25, 0.3) is 0 Å². The molecule has 0 saturated carbocycles. The van der Waals surface area contributed by atoms with Crippen molar-refractivity contribution in [2.75, 3.05) is 0 Å². The molecule has 1 aromatic heterocycles. The molecule has 0 saturated heterocycles. The fourth-order valence-electron chi connectivity index (χ4n) is 0.657. The number of primary amides is 1. The van der Waals surface area contributed by atoms with Crippen molar-refractivity contribution in [1.29, 1.82) is 0 Å². The van der Waals surface area contributed by atoms with Crippen molar-refractivity contribution < 1.29 is 9.59 Å². The molecule has 0 spiro atoms. The molecule has 11 heavy (non-hydrogen) atoms. The number of pyridine rings is 1. The smallest absolute Gasteiger partial charge is 0.250 e. The number of carbonyl (C=O) groups excluding carboxylic acids is 2. The van der Waals surface area contributed by atoms with Gasteiger partial charge in [0.05, 0.1) is 5.56 Å². The van der Waals surface area contributed by atoms with Gasteiger partial charge in [0.1, 0.15) is 0 Å². The summed E-state index contributed by atoms with van der Waals surface area (Å²) < 4.78 is 0. The molecule has 1 aromatic rings. The second-order valence-corrected chi connectivity index (χ2v) is 1.99. The zero-order valence-corrected chi connectivity index (χ0v) is 5.65. The van der Waals surface area contributed by atoms with Gasteiger partial charge in [0.2, 0.25) is 5.91 Å². The zero-order chi connectivity index (χ0) is 8.27. The van der Waals surface area contributed by atoms with E-state index in [0.29, 0.717) is 11.8 Å². The molecule has 4 heteroatoms. The molecule has 0 aliphatic carbocycles. The summed E-state index contributed by atoms with van der Waals surface area (Å²) in [5.41, 5.74) is 5.54. The van der Waals surface area contributed by atoms with Crippen molar-refractivity contribution in [3.05, 3.63) is 29.6 Å². The second-order valence-electron chi connectivity index (χ2n) is 1.99. The van der Waals surface area contributed by atoms with Gasteiger partial charge in [-0.3, -0.25) is 14.6 Å². The van der Waals surface area contributed by atoms with Gasteiger partial charge in [-0.2, -0.15) is 0 Å². The molecule has 0 atom stereocenters. The third-order valence-electron chi connectivity index (χ3n) is 1.18. The first-order valence-electron chi connectivity index (χ1n) is 2.94. The van der Waals surface area contributed by atoms with Crippen LogP contribution < -0.4 is 5.73 Å². The normalized spacial score (nSPS) is 9.09. The molecule has 56 valence electrons. The number of aldehydes is 1. The molecular weight excluding hydrogens is 144 g/mol. The molecule has 0 aliphatic heterocycles. The first-order valence-corrected chi connectivity index (χ1v) is 2.94. The average Bonchev–Trinajstić information content (AvgIpc) is 2.05. The third-order valence-corrected chi connectivity index (χ3v) is 1.18. The van der Waals surface area contributed by atoms with Gasteiger partial charge in [0, 0.05) is 18.0 Å². The maximum atomic E-state index is 10.5. The van der Waals surface area contributed by atoms with Crippen LogP contribution in [0.15, 0.2) is 18.5 Å². The van der Waals surface area contributed by atoms with E-state index in [1.165, 1.54) is 18.5 Å². The molecule has 4 nitrogen and oxygen atoms in total. The van der Waals surface area contributed by atoms with E-state index in [1.807, 2.05) is 0 Å². The van der Waals surface area contributed by atoms with Gasteiger partial charge >= 0.3 is 0 Å². The SMILES string of the molecule is NC(=O)c1cncc(C=O)c1. The van der Waals surface area contributed by atoms with E-state index in [4.69, 9.17) is 5.73 Å². The van der Waals surface area contributed by atoms with E-state index in [0.717, 1.165) is 0 Å². The van der Waals surface area contributed by atoms with Crippen LogP contribution in [0, 0.1) is 0 Å². The minimum atomic E-state index is -0.582. The lowest BCUT2D eigenvalue weighted by Gasteiger charge is -1.93. The van der Waals surface area contributed by atoms with Gasteiger partial charge < -0.3 is 5.73 Å². The van der Waals surface area contributed by atoms with Crippen LogP contribution in [0.1, 0.15) is 20.7 Å². The standard InChI is InChI=1S/C7H6N2O2/c8-7(11)6-1-5(4-10)2-9-3-6/h1-4H,(H2,8,11). The highest BCUT2D eigenvalue weighted by Crippen LogP contribution is 1.98. The van der Waals surface area contributed by atoms with Crippen LogP contribution in [0.5, 0.6) is 0 Å². The van der Waals surface area contributed by atoms with Crippen LogP contribution in [0.4, 0.5) is 0 Å². The van der Waals surface area contributed by atoms with Crippen molar-refractivity contribution in [1.82, 2.24) is 4.98 Å². The number of rotatable bonds is 2. The predicted octanol–water partition coefficient (Wildman–Crippen LogP) is -0.00700. The summed E-state index contributed by atoms with van der Waals surface area (Å²) in [6, 6.07) is 1.39. The Hall–Kier alpha value is -1.71. The van der Waals surface area contributed by atoms with Crippen molar-refractivity contribution in [3.8, 4) is 0 Å². The predicted molar refractivity (Wildman–Crippen MR) is 38.1 cm³/mol. The largest absolute Gasteiger partial charge is 0.366 e. The molecule has 1 rings (SSSR count). The Kier molecular flexibility index (Phi) is 1.96. The van der Waals surface area contributed by atoms with Gasteiger partial charge in [-0.15, -0.1) is 0 Å². The topological polar surface area (TPSA) is 73.1 Å². The molecule has 1 heterocycles. The summed E-state index contributed by atoms with van der Waals surface area (Å²) in [7, 11) is 0. The number of hydrogen-bond donors (Lipinski definition) is 1. The van der Waals surface area contributed by atoms with Crippen LogP contribution in [-0.4, -0.2) is 17.2 Å². The van der Waals surface area contributed by atoms with E-state index >= 15 is 0 Å². The van der Waals surface area contributed by atoms with Gasteiger partial charge in [-0.1, -0.05) is 0 Å². The molecule has 2 N–H and O–H groups in total. The quantitative estimate of drug-likeness (QED) is 0.602. The average molecular weight is 150 g/mol. The Labute approximate surface area is 63.0 Å². The lowest BCUT2D eigenvalue weighted by atomic mass is 10.2. The summed E-state index contributed by atoms with van der Waals surface area (Å²) in [4.78, 5) is 24.4. The highest BCUT2D eigenvalue weighted by molar-refractivity contribution is 5.93. The molecular formula is C7H6N2O2. The first kappa shape index (κ1) is 7.40. The Morgan fingerprint density at radius 1 is 1.55 bits per heavy atom. The van der Waals surface area contributed by atoms with Crippen molar-refractivity contribution >= 4 is 12.2 Å². The molecule has 0 radical (unpaired) electrons. The first-order chi connectivity index (χ1) is 5.24. The number of nitrogens with zero attached hydrogens (tertiary/aromatic N) is 1. The monoisotopic (exact) mass is 150 g/mol. The summed E-state index contributed by atoms with van der Waals surface area (Å²) >= 11 is 0. The number of amides is 1. The maximum absolute atomic E-state index is 10.5. The molecule has 0 fully saturated rings. The molecule has 1 amide bonds. The molecule has 0 unspecified atom stereocenters. The van der Waals surface area contributed by atoms with Crippen molar-refractivity contribution in [2.45, 2.75) is 0 Å². The summed E-state index contributed by atoms with van der Waals surface area (Å²) in [6.07, 6.45) is 3.29. The fraction of sp³-hybridized carbons (Fsp3) is 0. The Balaban J connectivity index is 3.10. The number of carbonyl (C=O) groups is 2. The van der Waals surface area contributed by atoms with Crippen LogP contribution in [0.2, 0.25) is 0 Å². The van der Waals surface area contributed by atoms with E-state index in [2.05, 4.69) is 4.98 Å². The Bertz CT molecular complexity index is 296. The fourth-order valence-corrected chi connectivity index (χ4v) is 0.657. The third kappa shape index (κ3) is 1.61. The van der Waals surface area contributed by atoms with Gasteiger partial charge in [-0.25, -0.2) is 0 Å². The van der Waals surface area contributed by atoms with Crippen molar-refractivity contribution in [2.24, 2.45) is 5.73 Å². The zero-order valence-electron chi connectivity index (χ0n) is 5.65. The summed E-state index contributed by atoms with van der Waals surface area (Å²) in [5.74, 6) is -0.582. The summed E-state index contributed by atoms with van der Waals surface area (Å²) in [6.45, 7) is 0. The number of hydrogen-bond acceptors (Lipinski definition) is 3. The van der Waals surface area contributed by atoms with Gasteiger partial charge in [0.15, 0.2) is 6.29 Å². The van der Waals surface area contributed by atoms with Crippen LogP contribution in [0.3, 0.4) is 0 Å². The highest BCUT2D eigenvalue weighted by Gasteiger charge is 2.00. The second kappa shape index (κ2) is 2.92. The van der Waals surface area contributed by atoms with Crippen LogP contribution in [-0.2, 0) is 0 Å². The summed E-state index contributed by atoms with van der Waals surface area (Å²) in [5, 5.41) is 0. The number of aromatic nitrogens is 1. The molecule has 0 bridgehead atoms. The van der Waals surface area contributed by atoms with Crippen LogP contribution >= 0.6 is 0 Å². The Morgan fingerprint density at radius 2 is 2.27 bits per heavy atom. The van der Waals surface area contributed by atoms with Gasteiger partial charge in [-0.05, 0) is 6.07 Å². The Morgan fingerprint density at radius 3 is 2.82 bits per heavy atom. The van der Waals surface area contributed by atoms with Crippen molar-refractivity contribution in [3.63, 3.8) is 0 Å². The molecule has 0 aliphatic rings. The lowest BCUT2D eigenvalue weighted by Crippen LogP contribution is -2.11. The maximum Gasteiger partial charge on any atom is 0.250 e. The van der Waals surface area contributed by atoms with Gasteiger partial charge in [0.25, 0.3) is 0 Å². The molecule has 0 aromatic carbocycles. The minimum Gasteiger partial charge on any atom is -0.366 e. The lowest BCUT2D eigenvalue weighted by molar-refractivity contribution is 0.1000. The van der Waals surface area contributed by atoms with E-state index in [1.54, 1.807) is 0 Å². The van der Waals surface area contributed by atoms with E-state index in [9.17, 15) is 9.59 Å². The number of nitrogens with two attached hydrogens (primary N) is 1. The van der Waals surface area contributed by atoms with E-state index in [-0.39, 0.29) is 5.56 Å². The van der Waals surface area contributed by atoms with E-state index < -0.39 is 5.91 Å². The highest BCUT2D eigenvalue weighted by atomic mass is 16.1.